The summed E-state index contributed by atoms with van der Waals surface area (Å²) >= 11 is 0. The first-order valence-electron chi connectivity index (χ1n) is 8.60. The van der Waals surface area contributed by atoms with Crippen LogP contribution in [-0.4, -0.2) is 35.9 Å². The van der Waals surface area contributed by atoms with Gasteiger partial charge in [0.2, 0.25) is 5.43 Å². The number of carbonyl (C=O) groups excluding carboxylic acids is 1. The number of nitrogens with one attached hydrogen (secondary N) is 1. The van der Waals surface area contributed by atoms with Crippen molar-refractivity contribution in [1.29, 1.82) is 0 Å². The van der Waals surface area contributed by atoms with Gasteiger partial charge < -0.3 is 9.72 Å². The molecule has 0 radical (unpaired) electrons. The van der Waals surface area contributed by atoms with Crippen LogP contribution in [0.25, 0.3) is 0 Å². The van der Waals surface area contributed by atoms with Gasteiger partial charge in [0.1, 0.15) is 5.78 Å². The highest BCUT2D eigenvalue weighted by Crippen LogP contribution is 2.36. The number of likely N-dealkylation sites (tertiary alicyclic amines) is 1. The van der Waals surface area contributed by atoms with Crippen molar-refractivity contribution in [3.8, 4) is 5.75 Å². The largest absolute Gasteiger partial charge is 0.491 e. The Morgan fingerprint density at radius 2 is 1.92 bits per heavy atom. The van der Waals surface area contributed by atoms with Gasteiger partial charge in [0.05, 0.1) is 12.5 Å². The summed E-state index contributed by atoms with van der Waals surface area (Å²) in [7, 11) is 1.49. The van der Waals surface area contributed by atoms with Crippen LogP contribution < -0.4 is 10.2 Å². The van der Waals surface area contributed by atoms with E-state index >= 15 is 0 Å². The van der Waals surface area contributed by atoms with Crippen LogP contribution in [0.4, 0.5) is 0 Å². The van der Waals surface area contributed by atoms with Crippen molar-refractivity contribution in [1.82, 2.24) is 9.88 Å². The number of aromatic amines is 1. The summed E-state index contributed by atoms with van der Waals surface area (Å²) < 4.78 is 5.00. The molecule has 3 rings (SSSR count). The van der Waals surface area contributed by atoms with E-state index in [1.807, 2.05) is 18.2 Å². The number of hydrogen-bond acceptors (Lipinski definition) is 4. The third-order valence-corrected chi connectivity index (χ3v) is 5.26. The fourth-order valence-electron chi connectivity index (χ4n) is 3.69. The molecule has 1 aromatic carbocycles. The average molecular weight is 340 g/mol. The van der Waals surface area contributed by atoms with Crippen LogP contribution in [-0.2, 0) is 16.8 Å². The van der Waals surface area contributed by atoms with Crippen LogP contribution in [0.5, 0.6) is 5.75 Å². The quantitative estimate of drug-likeness (QED) is 0.908. The molecule has 0 amide bonds. The second kappa shape index (κ2) is 7.23. The molecule has 1 aromatic heterocycles. The summed E-state index contributed by atoms with van der Waals surface area (Å²) in [6.07, 6.45) is 3.20. The van der Waals surface area contributed by atoms with Crippen LogP contribution in [0.15, 0.2) is 47.4 Å². The van der Waals surface area contributed by atoms with Gasteiger partial charge in [0, 0.05) is 24.5 Å². The summed E-state index contributed by atoms with van der Waals surface area (Å²) in [5.41, 5.74) is 1.47. The van der Waals surface area contributed by atoms with Gasteiger partial charge in [0.25, 0.3) is 0 Å². The highest BCUT2D eigenvalue weighted by molar-refractivity contribution is 5.88. The zero-order valence-corrected chi connectivity index (χ0v) is 14.7. The van der Waals surface area contributed by atoms with Crippen molar-refractivity contribution >= 4 is 5.78 Å². The molecule has 1 saturated heterocycles. The summed E-state index contributed by atoms with van der Waals surface area (Å²) in [6, 6.07) is 11.7. The number of hydrogen-bond donors (Lipinski definition) is 1. The molecule has 2 heterocycles. The van der Waals surface area contributed by atoms with Crippen molar-refractivity contribution in [3.05, 3.63) is 64.1 Å². The van der Waals surface area contributed by atoms with E-state index in [2.05, 4.69) is 22.0 Å². The summed E-state index contributed by atoms with van der Waals surface area (Å²) in [4.78, 5) is 29.7. The molecule has 0 aliphatic carbocycles. The van der Waals surface area contributed by atoms with Crippen molar-refractivity contribution in [2.45, 2.75) is 31.7 Å². The Hall–Kier alpha value is -2.40. The normalized spacial score (nSPS) is 17.2. The van der Waals surface area contributed by atoms with Gasteiger partial charge in [-0.25, -0.2) is 0 Å². The summed E-state index contributed by atoms with van der Waals surface area (Å²) in [6.45, 7) is 4.01. The SMILES string of the molecule is COc1c[nH]c(CN2CCC(C(C)=O)(c3ccccc3)CC2)cc1=O. The fourth-order valence-corrected chi connectivity index (χ4v) is 3.69. The Bertz CT molecular complexity index is 790. The Morgan fingerprint density at radius 3 is 2.48 bits per heavy atom. The number of methoxy groups -OCH3 is 1. The predicted molar refractivity (Wildman–Crippen MR) is 96.9 cm³/mol. The van der Waals surface area contributed by atoms with Gasteiger partial charge in [-0.3, -0.25) is 14.5 Å². The number of aromatic nitrogens is 1. The molecule has 2 aromatic rings. The molecule has 5 nitrogen and oxygen atoms in total. The van der Waals surface area contributed by atoms with Crippen molar-refractivity contribution < 1.29 is 9.53 Å². The van der Waals surface area contributed by atoms with Gasteiger partial charge in [-0.05, 0) is 38.4 Å². The molecule has 1 aliphatic rings. The Balaban J connectivity index is 1.71. The van der Waals surface area contributed by atoms with Crippen molar-refractivity contribution in [2.24, 2.45) is 0 Å². The van der Waals surface area contributed by atoms with Crippen LogP contribution in [0, 0.1) is 0 Å². The standard InChI is InChI=1S/C20H24N2O3/c1-15(23)20(16-6-4-3-5-7-16)8-10-22(11-9-20)14-17-12-18(24)19(25-2)13-21-17/h3-7,12-13H,8-11,14H2,1-2H3,(H,21,24). The molecular weight excluding hydrogens is 316 g/mol. The molecule has 0 unspecified atom stereocenters. The molecule has 0 bridgehead atoms. The smallest absolute Gasteiger partial charge is 0.223 e. The molecule has 0 atom stereocenters. The van der Waals surface area contributed by atoms with Gasteiger partial charge in [0.15, 0.2) is 5.75 Å². The second-order valence-corrected chi connectivity index (χ2v) is 6.67. The molecule has 0 spiro atoms. The van der Waals surface area contributed by atoms with Crippen molar-refractivity contribution in [2.75, 3.05) is 20.2 Å². The zero-order valence-electron chi connectivity index (χ0n) is 14.7. The van der Waals surface area contributed by atoms with Crippen LogP contribution in [0.3, 0.4) is 0 Å². The van der Waals surface area contributed by atoms with E-state index in [1.54, 1.807) is 19.2 Å². The number of pyridine rings is 1. The number of benzene rings is 1. The third kappa shape index (κ3) is 3.51. The lowest BCUT2D eigenvalue weighted by atomic mass is 9.70. The molecule has 1 aliphatic heterocycles. The minimum Gasteiger partial charge on any atom is -0.491 e. The molecule has 1 fully saturated rings. The third-order valence-electron chi connectivity index (χ3n) is 5.26. The molecule has 132 valence electrons. The van der Waals surface area contributed by atoms with Crippen LogP contribution >= 0.6 is 0 Å². The average Bonchev–Trinajstić information content (AvgIpc) is 2.63. The number of Topliss-reactive ketones (excluding diaryl/α,β-unsaturated/α-hetero) is 1. The van der Waals surface area contributed by atoms with Crippen LogP contribution in [0.2, 0.25) is 0 Å². The first-order chi connectivity index (χ1) is 12.0. The first-order valence-corrected chi connectivity index (χ1v) is 8.60. The van der Waals surface area contributed by atoms with E-state index in [0.717, 1.165) is 37.2 Å². The Kier molecular flexibility index (Phi) is 5.04. The number of ether oxygens (including phenoxy) is 1. The van der Waals surface area contributed by atoms with E-state index in [1.165, 1.54) is 7.11 Å². The van der Waals surface area contributed by atoms with E-state index in [4.69, 9.17) is 4.74 Å². The van der Waals surface area contributed by atoms with E-state index in [9.17, 15) is 9.59 Å². The molecule has 5 heteroatoms. The lowest BCUT2D eigenvalue weighted by Crippen LogP contribution is -2.46. The van der Waals surface area contributed by atoms with E-state index in [-0.39, 0.29) is 16.6 Å². The number of rotatable bonds is 5. The highest BCUT2D eigenvalue weighted by Gasteiger charge is 2.40. The van der Waals surface area contributed by atoms with E-state index < -0.39 is 0 Å². The molecule has 1 N–H and O–H groups in total. The minimum atomic E-state index is -0.384. The summed E-state index contributed by atoms with van der Waals surface area (Å²) in [5.74, 6) is 0.554. The highest BCUT2D eigenvalue weighted by atomic mass is 16.5. The maximum absolute atomic E-state index is 12.4. The molecule has 25 heavy (non-hydrogen) atoms. The van der Waals surface area contributed by atoms with E-state index in [0.29, 0.717) is 12.3 Å². The van der Waals surface area contributed by atoms with Gasteiger partial charge in [-0.2, -0.15) is 0 Å². The Labute approximate surface area is 147 Å². The zero-order chi connectivity index (χ0) is 17.9. The van der Waals surface area contributed by atoms with Gasteiger partial charge in [-0.1, -0.05) is 30.3 Å². The fraction of sp³-hybridized carbons (Fsp3) is 0.400. The Morgan fingerprint density at radius 1 is 1.24 bits per heavy atom. The number of H-pyrrole nitrogens is 1. The van der Waals surface area contributed by atoms with Crippen molar-refractivity contribution in [3.63, 3.8) is 0 Å². The number of carbonyl (C=O) groups is 1. The lowest BCUT2D eigenvalue weighted by molar-refractivity contribution is -0.124. The lowest BCUT2D eigenvalue weighted by Gasteiger charge is -2.40. The maximum Gasteiger partial charge on any atom is 0.223 e. The summed E-state index contributed by atoms with van der Waals surface area (Å²) in [5, 5.41) is 0. The maximum atomic E-state index is 12.4. The molecule has 0 saturated carbocycles. The van der Waals surface area contributed by atoms with Gasteiger partial charge in [-0.15, -0.1) is 0 Å². The number of piperidine rings is 1. The monoisotopic (exact) mass is 340 g/mol. The van der Waals surface area contributed by atoms with Gasteiger partial charge >= 0.3 is 0 Å². The van der Waals surface area contributed by atoms with Crippen LogP contribution in [0.1, 0.15) is 31.0 Å². The topological polar surface area (TPSA) is 62.4 Å². The molecular formula is C20H24N2O3. The second-order valence-electron chi connectivity index (χ2n) is 6.67. The number of ketones is 1. The minimum absolute atomic E-state index is 0.115. The predicted octanol–water partition coefficient (Wildman–Crippen LogP) is 2.51. The number of nitrogens with zero attached hydrogens (tertiary/aromatic N) is 1. The first kappa shape index (κ1) is 17.4.